The average Bonchev–Trinajstić information content (AvgIpc) is 3.23. The van der Waals surface area contributed by atoms with E-state index in [1.54, 1.807) is 11.3 Å². The van der Waals surface area contributed by atoms with Crippen LogP contribution in [0.4, 0.5) is 0 Å². The van der Waals surface area contributed by atoms with Gasteiger partial charge in [0.15, 0.2) is 5.96 Å². The van der Waals surface area contributed by atoms with Crippen molar-refractivity contribution in [1.29, 1.82) is 0 Å². The van der Waals surface area contributed by atoms with Crippen LogP contribution in [0.3, 0.4) is 0 Å². The summed E-state index contributed by atoms with van der Waals surface area (Å²) in [6.07, 6.45) is 1.14. The fraction of sp³-hybridized carbons (Fsp3) is 0.476. The average molecular weight is 386 g/mol. The SMILES string of the molecule is CN=C(NCCCN1CCN(Cc2ccccc2)CC1)NCc1cccs1. The lowest BCUT2D eigenvalue weighted by atomic mass is 10.2. The summed E-state index contributed by atoms with van der Waals surface area (Å²) >= 11 is 1.77. The molecule has 5 nitrogen and oxygen atoms in total. The Kier molecular flexibility index (Phi) is 8.14. The Morgan fingerprint density at radius 3 is 2.48 bits per heavy atom. The van der Waals surface area contributed by atoms with Crippen LogP contribution in [0.15, 0.2) is 52.8 Å². The van der Waals surface area contributed by atoms with E-state index in [4.69, 9.17) is 0 Å². The molecule has 1 aliphatic rings. The maximum absolute atomic E-state index is 4.30. The van der Waals surface area contributed by atoms with E-state index < -0.39 is 0 Å². The minimum Gasteiger partial charge on any atom is -0.356 e. The fourth-order valence-corrected chi connectivity index (χ4v) is 3.97. The third-order valence-corrected chi connectivity index (χ3v) is 5.77. The summed E-state index contributed by atoms with van der Waals surface area (Å²) in [7, 11) is 1.83. The van der Waals surface area contributed by atoms with E-state index in [1.807, 2.05) is 7.05 Å². The standard InChI is InChI=1S/C21H31N5S/c1-22-21(24-17-20-9-5-16-27-20)23-10-6-11-25-12-14-26(15-13-25)18-19-7-3-2-4-8-19/h2-5,7-9,16H,6,10-15,17-18H2,1H3,(H2,22,23,24). The van der Waals surface area contributed by atoms with E-state index in [9.17, 15) is 0 Å². The van der Waals surface area contributed by atoms with Crippen LogP contribution in [0.5, 0.6) is 0 Å². The highest BCUT2D eigenvalue weighted by molar-refractivity contribution is 7.09. The van der Waals surface area contributed by atoms with Gasteiger partial charge in [0.05, 0.1) is 6.54 Å². The van der Waals surface area contributed by atoms with Gasteiger partial charge in [-0.25, -0.2) is 0 Å². The topological polar surface area (TPSA) is 42.9 Å². The van der Waals surface area contributed by atoms with Crippen molar-refractivity contribution in [2.24, 2.45) is 4.99 Å². The number of hydrogen-bond donors (Lipinski definition) is 2. The molecule has 0 aliphatic carbocycles. The van der Waals surface area contributed by atoms with Crippen molar-refractivity contribution in [3.8, 4) is 0 Å². The molecule has 2 N–H and O–H groups in total. The quantitative estimate of drug-likeness (QED) is 0.416. The van der Waals surface area contributed by atoms with Crippen LogP contribution in [0.2, 0.25) is 0 Å². The maximum atomic E-state index is 4.30. The fourth-order valence-electron chi connectivity index (χ4n) is 3.33. The number of hydrogen-bond acceptors (Lipinski definition) is 4. The molecule has 0 bridgehead atoms. The summed E-state index contributed by atoms with van der Waals surface area (Å²) < 4.78 is 0. The number of nitrogens with zero attached hydrogens (tertiary/aromatic N) is 3. The van der Waals surface area contributed by atoms with Gasteiger partial charge in [-0.05, 0) is 30.0 Å². The molecular weight excluding hydrogens is 354 g/mol. The van der Waals surface area contributed by atoms with Crippen molar-refractivity contribution in [3.05, 3.63) is 58.3 Å². The van der Waals surface area contributed by atoms with Crippen molar-refractivity contribution in [2.75, 3.05) is 46.3 Å². The minimum absolute atomic E-state index is 0.834. The van der Waals surface area contributed by atoms with Gasteiger partial charge in [-0.1, -0.05) is 36.4 Å². The molecule has 0 atom stereocenters. The molecule has 2 aromatic rings. The number of aliphatic imine (C=N–C) groups is 1. The number of benzene rings is 1. The van der Waals surface area contributed by atoms with Crippen molar-refractivity contribution < 1.29 is 0 Å². The Labute approximate surface area is 167 Å². The zero-order valence-electron chi connectivity index (χ0n) is 16.2. The second-order valence-corrected chi connectivity index (χ2v) is 7.92. The van der Waals surface area contributed by atoms with E-state index in [2.05, 4.69) is 73.3 Å². The summed E-state index contributed by atoms with van der Waals surface area (Å²) in [5.74, 6) is 0.885. The van der Waals surface area contributed by atoms with Crippen LogP contribution < -0.4 is 10.6 Å². The van der Waals surface area contributed by atoms with E-state index in [0.717, 1.165) is 64.7 Å². The highest BCUT2D eigenvalue weighted by Crippen LogP contribution is 2.09. The van der Waals surface area contributed by atoms with E-state index >= 15 is 0 Å². The Morgan fingerprint density at radius 1 is 1.00 bits per heavy atom. The van der Waals surface area contributed by atoms with Gasteiger partial charge in [-0.2, -0.15) is 0 Å². The molecule has 2 heterocycles. The lowest BCUT2D eigenvalue weighted by molar-refractivity contribution is 0.126. The van der Waals surface area contributed by atoms with E-state index in [1.165, 1.54) is 10.4 Å². The van der Waals surface area contributed by atoms with Gasteiger partial charge in [0.25, 0.3) is 0 Å². The lowest BCUT2D eigenvalue weighted by Crippen LogP contribution is -2.46. The van der Waals surface area contributed by atoms with E-state index in [0.29, 0.717) is 0 Å². The molecule has 146 valence electrons. The second kappa shape index (κ2) is 11.1. The number of rotatable bonds is 8. The van der Waals surface area contributed by atoms with Crippen molar-refractivity contribution in [2.45, 2.75) is 19.5 Å². The molecule has 1 aromatic heterocycles. The Balaban J connectivity index is 1.26. The summed E-state index contributed by atoms with van der Waals surface area (Å²) in [6, 6.07) is 15.0. The zero-order valence-corrected chi connectivity index (χ0v) is 17.0. The largest absolute Gasteiger partial charge is 0.356 e. The predicted molar refractivity (Wildman–Crippen MR) is 115 cm³/mol. The molecule has 27 heavy (non-hydrogen) atoms. The molecule has 1 fully saturated rings. The first-order valence-corrected chi connectivity index (χ1v) is 10.7. The van der Waals surface area contributed by atoms with Gasteiger partial charge in [-0.3, -0.25) is 9.89 Å². The van der Waals surface area contributed by atoms with Gasteiger partial charge in [0.2, 0.25) is 0 Å². The van der Waals surface area contributed by atoms with Crippen molar-refractivity contribution in [1.82, 2.24) is 20.4 Å². The van der Waals surface area contributed by atoms with Crippen LogP contribution in [0.1, 0.15) is 16.9 Å². The van der Waals surface area contributed by atoms with Gasteiger partial charge in [0, 0.05) is 51.2 Å². The molecule has 3 rings (SSSR count). The molecule has 1 aliphatic heterocycles. The van der Waals surface area contributed by atoms with Crippen LogP contribution in [0, 0.1) is 0 Å². The molecule has 0 radical (unpaired) electrons. The molecule has 0 amide bonds. The Hall–Kier alpha value is -1.89. The van der Waals surface area contributed by atoms with Gasteiger partial charge >= 0.3 is 0 Å². The summed E-state index contributed by atoms with van der Waals surface area (Å²) in [4.78, 5) is 10.8. The smallest absolute Gasteiger partial charge is 0.191 e. The normalized spacial score (nSPS) is 16.4. The molecule has 0 unspecified atom stereocenters. The van der Waals surface area contributed by atoms with Crippen molar-refractivity contribution in [3.63, 3.8) is 0 Å². The van der Waals surface area contributed by atoms with E-state index in [-0.39, 0.29) is 0 Å². The lowest BCUT2D eigenvalue weighted by Gasteiger charge is -2.34. The maximum Gasteiger partial charge on any atom is 0.191 e. The van der Waals surface area contributed by atoms with Gasteiger partial charge in [-0.15, -0.1) is 11.3 Å². The van der Waals surface area contributed by atoms with Gasteiger partial charge in [0.1, 0.15) is 0 Å². The van der Waals surface area contributed by atoms with Crippen LogP contribution in [-0.2, 0) is 13.1 Å². The first kappa shape index (κ1) is 19.9. The molecule has 1 aromatic carbocycles. The molecule has 6 heteroatoms. The predicted octanol–water partition coefficient (Wildman–Crippen LogP) is 2.62. The second-order valence-electron chi connectivity index (χ2n) is 6.89. The van der Waals surface area contributed by atoms with Crippen LogP contribution in [0.25, 0.3) is 0 Å². The molecule has 0 saturated carbocycles. The Bertz CT molecular complexity index is 663. The molecule has 0 spiro atoms. The first-order chi connectivity index (χ1) is 13.3. The van der Waals surface area contributed by atoms with Crippen LogP contribution >= 0.6 is 11.3 Å². The summed E-state index contributed by atoms with van der Waals surface area (Å²) in [5, 5.41) is 8.89. The summed E-state index contributed by atoms with van der Waals surface area (Å²) in [6.45, 7) is 8.65. The van der Waals surface area contributed by atoms with Crippen molar-refractivity contribution >= 4 is 17.3 Å². The third-order valence-electron chi connectivity index (χ3n) is 4.89. The number of piperazine rings is 1. The molecular formula is C21H31N5S. The number of guanidine groups is 1. The monoisotopic (exact) mass is 385 g/mol. The zero-order chi connectivity index (χ0) is 18.7. The number of thiophene rings is 1. The van der Waals surface area contributed by atoms with Crippen LogP contribution in [-0.4, -0.2) is 62.1 Å². The first-order valence-electron chi connectivity index (χ1n) is 9.79. The highest BCUT2D eigenvalue weighted by Gasteiger charge is 2.16. The number of nitrogens with one attached hydrogen (secondary N) is 2. The third kappa shape index (κ3) is 6.97. The highest BCUT2D eigenvalue weighted by atomic mass is 32.1. The Morgan fingerprint density at radius 2 is 1.78 bits per heavy atom. The minimum atomic E-state index is 0.834. The summed E-state index contributed by atoms with van der Waals surface area (Å²) in [5.41, 5.74) is 1.41. The molecule has 1 saturated heterocycles. The van der Waals surface area contributed by atoms with Gasteiger partial charge < -0.3 is 15.5 Å².